The number of alkyl halides is 3. The van der Waals surface area contributed by atoms with Gasteiger partial charge < -0.3 is 14.6 Å². The number of ketones is 1. The number of aromatic nitrogens is 1. The molecule has 0 aliphatic rings. The van der Waals surface area contributed by atoms with Crippen molar-refractivity contribution in [2.24, 2.45) is 7.05 Å². The number of amides is 1. The van der Waals surface area contributed by atoms with Gasteiger partial charge in [0, 0.05) is 13.2 Å². The number of hydrogen-bond donors (Lipinski definition) is 1. The van der Waals surface area contributed by atoms with E-state index in [2.05, 4.69) is 4.74 Å². The second-order valence-electron chi connectivity index (χ2n) is 4.28. The van der Waals surface area contributed by atoms with Gasteiger partial charge in [-0.2, -0.15) is 13.2 Å². The van der Waals surface area contributed by atoms with E-state index in [1.807, 2.05) is 0 Å². The van der Waals surface area contributed by atoms with Crippen LogP contribution in [0, 0.1) is 0 Å². The van der Waals surface area contributed by atoms with E-state index in [0.717, 1.165) is 24.7 Å². The van der Waals surface area contributed by atoms with Gasteiger partial charge in [-0.25, -0.2) is 4.79 Å². The van der Waals surface area contributed by atoms with Crippen LogP contribution in [0.1, 0.15) is 27.8 Å². The molecule has 1 heterocycles. The highest BCUT2D eigenvalue weighted by atomic mass is 19.4. The van der Waals surface area contributed by atoms with Gasteiger partial charge in [-0.3, -0.25) is 9.59 Å². The summed E-state index contributed by atoms with van der Waals surface area (Å²) >= 11 is 0. The maximum atomic E-state index is 12.3. The first-order chi connectivity index (χ1) is 9.57. The number of halogens is 3. The van der Waals surface area contributed by atoms with Crippen molar-refractivity contribution >= 4 is 17.7 Å². The van der Waals surface area contributed by atoms with Gasteiger partial charge in [-0.15, -0.1) is 0 Å². The normalized spacial score (nSPS) is 12.7. The number of carbonyl (C=O) groups excluding carboxylic acids is 3. The van der Waals surface area contributed by atoms with Crippen molar-refractivity contribution in [1.29, 1.82) is 0 Å². The van der Waals surface area contributed by atoms with Crippen molar-refractivity contribution in [2.75, 3.05) is 7.11 Å². The van der Waals surface area contributed by atoms with Gasteiger partial charge in [-0.1, -0.05) is 0 Å². The van der Waals surface area contributed by atoms with Gasteiger partial charge in [0.1, 0.15) is 6.04 Å². The van der Waals surface area contributed by atoms with Crippen molar-refractivity contribution in [3.05, 3.63) is 23.5 Å². The molecule has 9 heteroatoms. The number of methoxy groups -OCH3 is 1. The Hall–Kier alpha value is -2.32. The standard InChI is InChI=1S/C12H13F3N2O4/c1-6(12(13,14)15)16-10(19)9(18)8-4-7(5-17(8)2)11(20)21-3/h4-6H,1-3H3,(H,16,19). The molecule has 1 rings (SSSR count). The van der Waals surface area contributed by atoms with E-state index in [1.54, 1.807) is 5.32 Å². The molecule has 0 aliphatic carbocycles. The third-order valence-corrected chi connectivity index (χ3v) is 2.70. The van der Waals surface area contributed by atoms with Crippen LogP contribution in [-0.4, -0.2) is 41.6 Å². The smallest absolute Gasteiger partial charge is 0.408 e. The molecule has 0 bridgehead atoms. The van der Waals surface area contributed by atoms with Crippen molar-refractivity contribution in [1.82, 2.24) is 9.88 Å². The molecule has 1 amide bonds. The topological polar surface area (TPSA) is 77.4 Å². The van der Waals surface area contributed by atoms with E-state index in [4.69, 9.17) is 0 Å². The van der Waals surface area contributed by atoms with Crippen LogP contribution in [0.2, 0.25) is 0 Å². The average Bonchev–Trinajstić information content (AvgIpc) is 2.77. The zero-order chi connectivity index (χ0) is 16.4. The summed E-state index contributed by atoms with van der Waals surface area (Å²) in [6, 6.07) is -1.08. The molecule has 1 aromatic heterocycles. The van der Waals surface area contributed by atoms with Crippen LogP contribution in [0.5, 0.6) is 0 Å². The molecule has 0 fully saturated rings. The van der Waals surface area contributed by atoms with Gasteiger partial charge in [-0.05, 0) is 13.0 Å². The van der Waals surface area contributed by atoms with Crippen LogP contribution in [0.25, 0.3) is 0 Å². The van der Waals surface area contributed by atoms with Crippen molar-refractivity contribution in [3.8, 4) is 0 Å². The van der Waals surface area contributed by atoms with Crippen LogP contribution in [0.15, 0.2) is 12.3 Å². The van der Waals surface area contributed by atoms with Crippen molar-refractivity contribution < 1.29 is 32.3 Å². The summed E-state index contributed by atoms with van der Waals surface area (Å²) in [4.78, 5) is 34.6. The van der Waals surface area contributed by atoms with E-state index >= 15 is 0 Å². The zero-order valence-corrected chi connectivity index (χ0v) is 11.4. The number of aryl methyl sites for hydroxylation is 1. The van der Waals surface area contributed by atoms with Crippen LogP contribution < -0.4 is 5.32 Å². The molecule has 0 radical (unpaired) electrons. The Kier molecular flexibility index (Phi) is 4.77. The van der Waals surface area contributed by atoms with Crippen LogP contribution in [0.3, 0.4) is 0 Å². The second kappa shape index (κ2) is 5.98. The third kappa shape index (κ3) is 3.83. The van der Waals surface area contributed by atoms with E-state index in [0.29, 0.717) is 0 Å². The Morgan fingerprint density at radius 2 is 1.90 bits per heavy atom. The average molecular weight is 306 g/mol. The lowest BCUT2D eigenvalue weighted by atomic mass is 10.2. The molecular formula is C12H13F3N2O4. The van der Waals surface area contributed by atoms with E-state index < -0.39 is 29.9 Å². The molecule has 0 spiro atoms. The summed E-state index contributed by atoms with van der Waals surface area (Å²) in [5.41, 5.74) is -0.206. The minimum absolute atomic E-state index is 0.0139. The van der Waals surface area contributed by atoms with E-state index in [9.17, 15) is 27.6 Å². The second-order valence-corrected chi connectivity index (χ2v) is 4.28. The molecule has 1 unspecified atom stereocenters. The van der Waals surface area contributed by atoms with Crippen molar-refractivity contribution in [3.63, 3.8) is 0 Å². The van der Waals surface area contributed by atoms with Crippen LogP contribution in [0.4, 0.5) is 13.2 Å². The lowest BCUT2D eigenvalue weighted by Crippen LogP contribution is -2.46. The van der Waals surface area contributed by atoms with Gasteiger partial charge in [0.25, 0.3) is 11.7 Å². The summed E-state index contributed by atoms with van der Waals surface area (Å²) in [6.45, 7) is 0.718. The number of nitrogens with zero attached hydrogens (tertiary/aromatic N) is 1. The number of nitrogens with one attached hydrogen (secondary N) is 1. The fourth-order valence-electron chi connectivity index (χ4n) is 1.48. The molecule has 1 N–H and O–H groups in total. The zero-order valence-electron chi connectivity index (χ0n) is 11.4. The first-order valence-electron chi connectivity index (χ1n) is 5.74. The lowest BCUT2D eigenvalue weighted by molar-refractivity contribution is -0.156. The Labute approximate surface area is 117 Å². The molecule has 0 saturated carbocycles. The third-order valence-electron chi connectivity index (χ3n) is 2.70. The Morgan fingerprint density at radius 3 is 2.38 bits per heavy atom. The summed E-state index contributed by atoms with van der Waals surface area (Å²) in [6.07, 6.45) is -3.42. The molecule has 0 saturated heterocycles. The number of ether oxygens (including phenoxy) is 1. The summed E-state index contributed by atoms with van der Waals surface area (Å²) in [5.74, 6) is -3.31. The maximum absolute atomic E-state index is 12.3. The highest BCUT2D eigenvalue weighted by Gasteiger charge is 2.38. The number of esters is 1. The van der Waals surface area contributed by atoms with Gasteiger partial charge in [0.05, 0.1) is 18.4 Å². The van der Waals surface area contributed by atoms with Crippen LogP contribution in [-0.2, 0) is 16.6 Å². The Balaban J connectivity index is 2.91. The fourth-order valence-corrected chi connectivity index (χ4v) is 1.48. The van der Waals surface area contributed by atoms with Crippen LogP contribution >= 0.6 is 0 Å². The predicted molar refractivity (Wildman–Crippen MR) is 64.7 cm³/mol. The number of Topliss-reactive ketones (excluding diaryl/α,β-unsaturated/α-hetero) is 1. The highest BCUT2D eigenvalue weighted by Crippen LogP contribution is 2.19. The SMILES string of the molecule is COC(=O)c1cc(C(=O)C(=O)NC(C)C(F)(F)F)n(C)c1. The van der Waals surface area contributed by atoms with Gasteiger partial charge >= 0.3 is 12.1 Å². The molecule has 21 heavy (non-hydrogen) atoms. The summed E-state index contributed by atoms with van der Waals surface area (Å²) in [5, 5.41) is 1.55. The number of rotatable bonds is 4. The molecule has 0 aromatic carbocycles. The molecule has 1 atom stereocenters. The summed E-state index contributed by atoms with van der Waals surface area (Å²) in [7, 11) is 2.51. The maximum Gasteiger partial charge on any atom is 0.408 e. The number of carbonyl (C=O) groups is 3. The molecule has 1 aromatic rings. The quantitative estimate of drug-likeness (QED) is 0.512. The lowest BCUT2D eigenvalue weighted by Gasteiger charge is -2.16. The van der Waals surface area contributed by atoms with E-state index in [1.165, 1.54) is 13.2 Å². The van der Waals surface area contributed by atoms with E-state index in [-0.39, 0.29) is 11.3 Å². The first kappa shape index (κ1) is 16.7. The molecule has 0 aliphatic heterocycles. The molecule has 6 nitrogen and oxygen atoms in total. The van der Waals surface area contributed by atoms with Gasteiger partial charge in [0.15, 0.2) is 0 Å². The number of hydrogen-bond acceptors (Lipinski definition) is 4. The Bertz CT molecular complexity index is 578. The largest absolute Gasteiger partial charge is 0.465 e. The van der Waals surface area contributed by atoms with Gasteiger partial charge in [0.2, 0.25) is 0 Å². The predicted octanol–water partition coefficient (Wildman–Crippen LogP) is 1.06. The highest BCUT2D eigenvalue weighted by molar-refractivity contribution is 6.42. The fraction of sp³-hybridized carbons (Fsp3) is 0.417. The summed E-state index contributed by atoms with van der Waals surface area (Å²) < 4.78 is 42.6. The Morgan fingerprint density at radius 1 is 1.33 bits per heavy atom. The molecular weight excluding hydrogens is 293 g/mol. The first-order valence-corrected chi connectivity index (χ1v) is 5.74. The molecule has 116 valence electrons. The minimum Gasteiger partial charge on any atom is -0.465 e. The van der Waals surface area contributed by atoms with Crippen molar-refractivity contribution in [2.45, 2.75) is 19.1 Å². The monoisotopic (exact) mass is 306 g/mol. The minimum atomic E-state index is -4.65.